The molecule has 0 spiro atoms. The second kappa shape index (κ2) is 5.25. The predicted octanol–water partition coefficient (Wildman–Crippen LogP) is 3.48. The third-order valence-corrected chi connectivity index (χ3v) is 3.16. The summed E-state index contributed by atoms with van der Waals surface area (Å²) in [6.07, 6.45) is 4.89. The Kier molecular flexibility index (Phi) is 3.71. The minimum Gasteiger partial charge on any atom is -0.323 e. The van der Waals surface area contributed by atoms with Crippen molar-refractivity contribution < 1.29 is 13.6 Å². The fourth-order valence-corrected chi connectivity index (χ4v) is 2.19. The molecule has 0 aromatic heterocycles. The van der Waals surface area contributed by atoms with E-state index in [9.17, 15) is 13.6 Å². The first kappa shape index (κ1) is 12.0. The minimum atomic E-state index is -0.601. The van der Waals surface area contributed by atoms with Crippen LogP contribution in [0.4, 0.5) is 14.5 Å². The van der Waals surface area contributed by atoms with E-state index in [0.29, 0.717) is 0 Å². The maximum absolute atomic E-state index is 13.3. The average molecular weight is 239 g/mol. The van der Waals surface area contributed by atoms with E-state index < -0.39 is 11.6 Å². The van der Waals surface area contributed by atoms with Crippen LogP contribution < -0.4 is 5.32 Å². The molecule has 2 rings (SSSR count). The summed E-state index contributed by atoms with van der Waals surface area (Å²) in [5.41, 5.74) is -0.0689. The van der Waals surface area contributed by atoms with E-state index in [2.05, 4.69) is 5.32 Å². The molecule has 0 bridgehead atoms. The molecule has 4 heteroatoms. The van der Waals surface area contributed by atoms with Crippen LogP contribution in [0, 0.1) is 17.6 Å². The van der Waals surface area contributed by atoms with Crippen LogP contribution in [0.2, 0.25) is 0 Å². The van der Waals surface area contributed by atoms with E-state index in [1.165, 1.54) is 0 Å². The van der Waals surface area contributed by atoms with Crippen LogP contribution in [0.15, 0.2) is 18.2 Å². The molecular formula is C13H15F2NO. The molecule has 1 aliphatic rings. The van der Waals surface area contributed by atoms with Crippen LogP contribution >= 0.6 is 0 Å². The number of anilines is 1. The van der Waals surface area contributed by atoms with Gasteiger partial charge in [0.25, 0.3) is 0 Å². The first-order valence-electron chi connectivity index (χ1n) is 5.93. The highest BCUT2D eigenvalue weighted by Crippen LogP contribution is 2.25. The average Bonchev–Trinajstić information content (AvgIpc) is 2.35. The molecule has 0 saturated heterocycles. The van der Waals surface area contributed by atoms with E-state index in [4.69, 9.17) is 0 Å². The highest BCUT2D eigenvalue weighted by molar-refractivity contribution is 5.92. The van der Waals surface area contributed by atoms with Crippen molar-refractivity contribution in [3.05, 3.63) is 29.8 Å². The molecule has 0 aliphatic heterocycles. The molecule has 1 saturated carbocycles. The number of rotatable bonds is 2. The lowest BCUT2D eigenvalue weighted by molar-refractivity contribution is -0.120. The Morgan fingerprint density at radius 3 is 2.59 bits per heavy atom. The van der Waals surface area contributed by atoms with Gasteiger partial charge in [-0.3, -0.25) is 4.79 Å². The zero-order chi connectivity index (χ0) is 12.3. The summed E-state index contributed by atoms with van der Waals surface area (Å²) in [4.78, 5) is 11.8. The fraction of sp³-hybridized carbons (Fsp3) is 0.462. The Hall–Kier alpha value is -1.45. The van der Waals surface area contributed by atoms with Crippen LogP contribution in [0.5, 0.6) is 0 Å². The van der Waals surface area contributed by atoms with Gasteiger partial charge in [-0.1, -0.05) is 19.3 Å². The molecule has 0 heterocycles. The first-order chi connectivity index (χ1) is 8.16. The second-order valence-electron chi connectivity index (χ2n) is 4.45. The Morgan fingerprint density at radius 2 is 1.88 bits per heavy atom. The maximum atomic E-state index is 13.3. The van der Waals surface area contributed by atoms with Crippen molar-refractivity contribution in [3.8, 4) is 0 Å². The topological polar surface area (TPSA) is 29.1 Å². The molecule has 1 amide bonds. The van der Waals surface area contributed by atoms with Gasteiger partial charge in [0, 0.05) is 12.0 Å². The van der Waals surface area contributed by atoms with Crippen LogP contribution in [0.1, 0.15) is 32.1 Å². The van der Waals surface area contributed by atoms with E-state index in [0.717, 1.165) is 50.3 Å². The Morgan fingerprint density at radius 1 is 1.18 bits per heavy atom. The first-order valence-corrected chi connectivity index (χ1v) is 5.93. The van der Waals surface area contributed by atoms with Gasteiger partial charge >= 0.3 is 0 Å². The van der Waals surface area contributed by atoms with Gasteiger partial charge < -0.3 is 5.32 Å². The summed E-state index contributed by atoms with van der Waals surface area (Å²) < 4.78 is 26.2. The van der Waals surface area contributed by atoms with Gasteiger partial charge in [0.2, 0.25) is 5.91 Å². The Balaban J connectivity index is 2.04. The predicted molar refractivity (Wildman–Crippen MR) is 61.6 cm³/mol. The number of hydrogen-bond acceptors (Lipinski definition) is 1. The van der Waals surface area contributed by atoms with Gasteiger partial charge in [-0.25, -0.2) is 8.78 Å². The van der Waals surface area contributed by atoms with Gasteiger partial charge in [-0.05, 0) is 25.0 Å². The maximum Gasteiger partial charge on any atom is 0.227 e. The van der Waals surface area contributed by atoms with Crippen LogP contribution in [0.3, 0.4) is 0 Å². The van der Waals surface area contributed by atoms with Crippen molar-refractivity contribution in [1.82, 2.24) is 0 Å². The highest BCUT2D eigenvalue weighted by atomic mass is 19.1. The number of carbonyl (C=O) groups excluding carboxylic acids is 1. The SMILES string of the molecule is O=C(Nc1cc(F)ccc1F)C1CCCCC1. The standard InChI is InChI=1S/C13H15F2NO/c14-10-6-7-11(15)12(8-10)16-13(17)9-4-2-1-3-5-9/h6-9H,1-5H2,(H,16,17). The number of hydrogen-bond donors (Lipinski definition) is 1. The van der Waals surface area contributed by atoms with Crippen LogP contribution in [-0.2, 0) is 4.79 Å². The van der Waals surface area contributed by atoms with Crippen molar-refractivity contribution in [2.45, 2.75) is 32.1 Å². The molecule has 1 aromatic carbocycles. The molecule has 17 heavy (non-hydrogen) atoms. The van der Waals surface area contributed by atoms with E-state index >= 15 is 0 Å². The quantitative estimate of drug-likeness (QED) is 0.841. The summed E-state index contributed by atoms with van der Waals surface area (Å²) in [5.74, 6) is -1.42. The van der Waals surface area contributed by atoms with Gasteiger partial charge in [0.1, 0.15) is 11.6 Å². The monoisotopic (exact) mass is 239 g/mol. The number of benzene rings is 1. The van der Waals surface area contributed by atoms with Crippen LogP contribution in [-0.4, -0.2) is 5.91 Å². The normalized spacial score (nSPS) is 16.8. The molecule has 0 atom stereocenters. The summed E-state index contributed by atoms with van der Waals surface area (Å²) >= 11 is 0. The van der Waals surface area contributed by atoms with Crippen molar-refractivity contribution >= 4 is 11.6 Å². The number of nitrogens with one attached hydrogen (secondary N) is 1. The molecule has 1 fully saturated rings. The Labute approximate surface area is 99.0 Å². The Bertz CT molecular complexity index is 414. The van der Waals surface area contributed by atoms with E-state index in [1.807, 2.05) is 0 Å². The van der Waals surface area contributed by atoms with Gasteiger partial charge in [-0.2, -0.15) is 0 Å². The summed E-state index contributed by atoms with van der Waals surface area (Å²) in [5, 5.41) is 2.47. The zero-order valence-corrected chi connectivity index (χ0v) is 9.51. The van der Waals surface area contributed by atoms with E-state index in [1.54, 1.807) is 0 Å². The van der Waals surface area contributed by atoms with Crippen LogP contribution in [0.25, 0.3) is 0 Å². The lowest BCUT2D eigenvalue weighted by atomic mass is 9.88. The zero-order valence-electron chi connectivity index (χ0n) is 9.51. The third-order valence-electron chi connectivity index (χ3n) is 3.16. The second-order valence-corrected chi connectivity index (χ2v) is 4.45. The van der Waals surface area contributed by atoms with Crippen molar-refractivity contribution in [2.75, 3.05) is 5.32 Å². The minimum absolute atomic E-state index is 0.0635. The summed E-state index contributed by atoms with van der Waals surface area (Å²) in [6.45, 7) is 0. The van der Waals surface area contributed by atoms with E-state index in [-0.39, 0.29) is 17.5 Å². The molecule has 1 aliphatic carbocycles. The van der Waals surface area contributed by atoms with Crippen molar-refractivity contribution in [3.63, 3.8) is 0 Å². The molecule has 0 radical (unpaired) electrons. The lowest BCUT2D eigenvalue weighted by Crippen LogP contribution is -2.25. The molecule has 1 aromatic rings. The fourth-order valence-electron chi connectivity index (χ4n) is 2.19. The van der Waals surface area contributed by atoms with Crippen molar-refractivity contribution in [1.29, 1.82) is 0 Å². The third kappa shape index (κ3) is 3.02. The lowest BCUT2D eigenvalue weighted by Gasteiger charge is -2.20. The highest BCUT2D eigenvalue weighted by Gasteiger charge is 2.21. The molecule has 2 nitrogen and oxygen atoms in total. The summed E-state index contributed by atoms with van der Waals surface area (Å²) in [6, 6.07) is 3.06. The van der Waals surface area contributed by atoms with Gasteiger partial charge in [0.15, 0.2) is 0 Å². The smallest absolute Gasteiger partial charge is 0.227 e. The molecule has 1 N–H and O–H groups in total. The molecular weight excluding hydrogens is 224 g/mol. The number of halogens is 2. The molecule has 0 unspecified atom stereocenters. The number of amides is 1. The molecule has 92 valence electrons. The number of carbonyl (C=O) groups is 1. The van der Waals surface area contributed by atoms with Gasteiger partial charge in [-0.15, -0.1) is 0 Å². The largest absolute Gasteiger partial charge is 0.323 e. The summed E-state index contributed by atoms with van der Waals surface area (Å²) in [7, 11) is 0. The van der Waals surface area contributed by atoms with Crippen molar-refractivity contribution in [2.24, 2.45) is 5.92 Å². The van der Waals surface area contributed by atoms with Gasteiger partial charge in [0.05, 0.1) is 5.69 Å².